The zero-order chi connectivity index (χ0) is 19.3. The summed E-state index contributed by atoms with van der Waals surface area (Å²) in [5.41, 5.74) is 2.14. The van der Waals surface area contributed by atoms with Crippen LogP contribution in [0.15, 0.2) is 30.5 Å². The van der Waals surface area contributed by atoms with Crippen molar-refractivity contribution in [2.24, 2.45) is 17.8 Å². The van der Waals surface area contributed by atoms with E-state index in [4.69, 9.17) is 0 Å². The van der Waals surface area contributed by atoms with E-state index >= 15 is 0 Å². The van der Waals surface area contributed by atoms with Gasteiger partial charge in [0.05, 0.1) is 0 Å². The van der Waals surface area contributed by atoms with Crippen LogP contribution in [0, 0.1) is 17.8 Å². The third-order valence-corrected chi connectivity index (χ3v) is 6.99. The Morgan fingerprint density at radius 3 is 2.93 bits per heavy atom. The highest BCUT2D eigenvalue weighted by molar-refractivity contribution is 5.93. The number of hydrogen-bond acceptors (Lipinski definition) is 2. The van der Waals surface area contributed by atoms with E-state index in [0.717, 1.165) is 25.3 Å². The summed E-state index contributed by atoms with van der Waals surface area (Å²) >= 11 is 0. The number of carbonyl (C=O) groups excluding carboxylic acids is 1. The SMILES string of the molecule is CC(C)Cn1ccc2cc(NC(=O)N3C[C@@H]4CN5CCCC[C@H]5[C@@H]4C3)ccc21. The fourth-order valence-electron chi connectivity index (χ4n) is 5.75. The van der Waals surface area contributed by atoms with Crippen molar-refractivity contribution in [1.82, 2.24) is 14.4 Å². The van der Waals surface area contributed by atoms with E-state index < -0.39 is 0 Å². The topological polar surface area (TPSA) is 40.5 Å². The van der Waals surface area contributed by atoms with Crippen molar-refractivity contribution in [1.29, 1.82) is 0 Å². The molecule has 0 unspecified atom stereocenters. The highest BCUT2D eigenvalue weighted by atomic mass is 16.2. The first-order valence-corrected chi connectivity index (χ1v) is 11.0. The summed E-state index contributed by atoms with van der Waals surface area (Å²) in [5, 5.41) is 4.34. The number of urea groups is 1. The summed E-state index contributed by atoms with van der Waals surface area (Å²) in [6.45, 7) is 9.77. The van der Waals surface area contributed by atoms with Crippen LogP contribution in [0.5, 0.6) is 0 Å². The smallest absolute Gasteiger partial charge is 0.321 e. The molecule has 3 fully saturated rings. The van der Waals surface area contributed by atoms with E-state index in [-0.39, 0.29) is 6.03 Å². The molecule has 1 N–H and O–H groups in total. The molecule has 5 nitrogen and oxygen atoms in total. The Morgan fingerprint density at radius 2 is 2.07 bits per heavy atom. The zero-order valence-electron chi connectivity index (χ0n) is 17.1. The van der Waals surface area contributed by atoms with Crippen LogP contribution in [0.4, 0.5) is 10.5 Å². The zero-order valence-corrected chi connectivity index (χ0v) is 17.1. The summed E-state index contributed by atoms with van der Waals surface area (Å²) < 4.78 is 2.29. The molecule has 3 atom stereocenters. The highest BCUT2D eigenvalue weighted by Crippen LogP contribution is 2.40. The Labute approximate surface area is 167 Å². The molecule has 5 heteroatoms. The molecule has 3 aliphatic rings. The van der Waals surface area contributed by atoms with Crippen molar-refractivity contribution in [2.45, 2.75) is 45.7 Å². The van der Waals surface area contributed by atoms with E-state index in [9.17, 15) is 4.79 Å². The Bertz CT molecular complexity index is 873. The quantitative estimate of drug-likeness (QED) is 0.865. The van der Waals surface area contributed by atoms with Gasteiger partial charge in [0.1, 0.15) is 0 Å². The number of nitrogens with zero attached hydrogens (tertiary/aromatic N) is 3. The first kappa shape index (κ1) is 18.0. The molecule has 150 valence electrons. The van der Waals surface area contributed by atoms with E-state index in [1.165, 1.54) is 43.3 Å². The van der Waals surface area contributed by atoms with Gasteiger partial charge < -0.3 is 14.8 Å². The molecular weight excluding hydrogens is 348 g/mol. The second-order valence-corrected chi connectivity index (χ2v) is 9.45. The van der Waals surface area contributed by atoms with Gasteiger partial charge in [0.15, 0.2) is 0 Å². The van der Waals surface area contributed by atoms with Crippen LogP contribution in [-0.4, -0.2) is 52.6 Å². The monoisotopic (exact) mass is 380 g/mol. The lowest BCUT2D eigenvalue weighted by atomic mass is 9.90. The van der Waals surface area contributed by atoms with E-state index in [1.807, 2.05) is 6.07 Å². The number of nitrogens with one attached hydrogen (secondary N) is 1. The number of aromatic nitrogens is 1. The van der Waals surface area contributed by atoms with Gasteiger partial charge in [0, 0.05) is 55.0 Å². The Hall–Kier alpha value is -2.01. The summed E-state index contributed by atoms with van der Waals surface area (Å²) in [6.07, 6.45) is 6.17. The van der Waals surface area contributed by atoms with Crippen LogP contribution in [0.1, 0.15) is 33.1 Å². The van der Waals surface area contributed by atoms with Crippen molar-refractivity contribution in [3.63, 3.8) is 0 Å². The lowest BCUT2D eigenvalue weighted by Gasteiger charge is -2.33. The minimum atomic E-state index is 0.0673. The normalized spacial score (nSPS) is 27.4. The molecule has 1 aromatic heterocycles. The van der Waals surface area contributed by atoms with Crippen LogP contribution in [0.25, 0.3) is 10.9 Å². The number of likely N-dealkylation sites (tertiary alicyclic amines) is 1. The molecule has 28 heavy (non-hydrogen) atoms. The molecule has 4 heterocycles. The fraction of sp³-hybridized carbons (Fsp3) is 0.609. The third-order valence-electron chi connectivity index (χ3n) is 6.99. The first-order valence-electron chi connectivity index (χ1n) is 11.0. The van der Waals surface area contributed by atoms with Crippen LogP contribution in [0.2, 0.25) is 0 Å². The minimum Gasteiger partial charge on any atom is -0.347 e. The number of rotatable bonds is 3. The molecular formula is C23H32N4O. The van der Waals surface area contributed by atoms with Gasteiger partial charge in [-0.05, 0) is 61.4 Å². The van der Waals surface area contributed by atoms with Gasteiger partial charge in [-0.2, -0.15) is 0 Å². The Morgan fingerprint density at radius 1 is 1.18 bits per heavy atom. The predicted octanol–water partition coefficient (Wildman–Crippen LogP) is 4.25. The number of carbonyl (C=O) groups is 1. The number of piperidine rings is 1. The number of hydrogen-bond donors (Lipinski definition) is 1. The fourth-order valence-corrected chi connectivity index (χ4v) is 5.75. The molecule has 0 radical (unpaired) electrons. The average molecular weight is 381 g/mol. The molecule has 3 saturated heterocycles. The molecule has 0 bridgehead atoms. The van der Waals surface area contributed by atoms with Gasteiger partial charge in [-0.25, -0.2) is 4.79 Å². The second kappa shape index (κ2) is 7.11. The molecule has 2 amide bonds. The maximum Gasteiger partial charge on any atom is 0.321 e. The molecule has 2 aromatic rings. The highest BCUT2D eigenvalue weighted by Gasteiger charge is 2.48. The van der Waals surface area contributed by atoms with E-state index in [1.54, 1.807) is 0 Å². The van der Waals surface area contributed by atoms with Gasteiger partial charge >= 0.3 is 6.03 Å². The molecule has 0 spiro atoms. The predicted molar refractivity (Wildman–Crippen MR) is 114 cm³/mol. The van der Waals surface area contributed by atoms with Gasteiger partial charge in [0.2, 0.25) is 0 Å². The van der Waals surface area contributed by atoms with E-state index in [0.29, 0.717) is 23.8 Å². The second-order valence-electron chi connectivity index (χ2n) is 9.45. The first-order chi connectivity index (χ1) is 13.6. The lowest BCUT2D eigenvalue weighted by molar-refractivity contribution is 0.157. The molecule has 0 saturated carbocycles. The summed E-state index contributed by atoms with van der Waals surface area (Å²) in [6, 6.07) is 9.20. The van der Waals surface area contributed by atoms with Crippen LogP contribution < -0.4 is 5.32 Å². The van der Waals surface area contributed by atoms with Crippen LogP contribution >= 0.6 is 0 Å². The van der Waals surface area contributed by atoms with Gasteiger partial charge in [0.25, 0.3) is 0 Å². The van der Waals surface area contributed by atoms with Gasteiger partial charge in [-0.1, -0.05) is 20.3 Å². The summed E-state index contributed by atoms with van der Waals surface area (Å²) in [5.74, 6) is 1.96. The maximum absolute atomic E-state index is 12.9. The maximum atomic E-state index is 12.9. The standard InChI is InChI=1S/C23H32N4O/c1-16(2)12-26-10-8-17-11-19(6-7-21(17)26)24-23(28)27-14-18-13-25-9-4-3-5-22(25)20(18)15-27/h6-8,10-11,16,18,20,22H,3-5,9,12-15H2,1-2H3,(H,24,28)/t18-,20+,22-/m0/s1. The Kier molecular flexibility index (Phi) is 4.58. The summed E-state index contributed by atoms with van der Waals surface area (Å²) in [7, 11) is 0. The van der Waals surface area contributed by atoms with Crippen molar-refractivity contribution in [3.05, 3.63) is 30.5 Å². The molecule has 3 aliphatic heterocycles. The summed E-state index contributed by atoms with van der Waals surface area (Å²) in [4.78, 5) is 17.6. The molecule has 5 rings (SSSR count). The van der Waals surface area contributed by atoms with Crippen molar-refractivity contribution < 1.29 is 4.79 Å². The molecule has 1 aromatic carbocycles. The molecule has 0 aliphatic carbocycles. The number of benzene rings is 1. The van der Waals surface area contributed by atoms with Crippen molar-refractivity contribution >= 4 is 22.6 Å². The Balaban J connectivity index is 1.25. The van der Waals surface area contributed by atoms with Crippen LogP contribution in [0.3, 0.4) is 0 Å². The van der Waals surface area contributed by atoms with E-state index in [2.05, 4.69) is 57.9 Å². The largest absolute Gasteiger partial charge is 0.347 e. The van der Waals surface area contributed by atoms with Crippen molar-refractivity contribution in [2.75, 3.05) is 31.5 Å². The van der Waals surface area contributed by atoms with Gasteiger partial charge in [-0.3, -0.25) is 4.90 Å². The number of anilines is 1. The lowest BCUT2D eigenvalue weighted by Crippen LogP contribution is -2.41. The van der Waals surface area contributed by atoms with Gasteiger partial charge in [-0.15, -0.1) is 0 Å². The number of fused-ring (bicyclic) bond motifs is 4. The average Bonchev–Trinajstić information content (AvgIpc) is 3.34. The van der Waals surface area contributed by atoms with Crippen molar-refractivity contribution in [3.8, 4) is 0 Å². The third kappa shape index (κ3) is 3.20. The van der Waals surface area contributed by atoms with Crippen LogP contribution in [-0.2, 0) is 6.54 Å². The number of amides is 2. The minimum absolute atomic E-state index is 0.0673.